The van der Waals surface area contributed by atoms with Gasteiger partial charge in [-0.05, 0) is 96.6 Å². The van der Waals surface area contributed by atoms with Crippen LogP contribution in [0.1, 0.15) is 84.0 Å². The van der Waals surface area contributed by atoms with E-state index < -0.39 is 9.84 Å². The number of nitrogens with one attached hydrogen (secondary N) is 5. The van der Waals surface area contributed by atoms with Crippen LogP contribution in [0.2, 0.25) is 0 Å². The zero-order valence-corrected chi connectivity index (χ0v) is 26.4. The monoisotopic (exact) mass is 602 g/mol. The van der Waals surface area contributed by atoms with Crippen LogP contribution in [0.25, 0.3) is 0 Å². The van der Waals surface area contributed by atoms with Gasteiger partial charge in [0.1, 0.15) is 11.6 Å². The molecular formula is C28H54N6O4S2. The predicted molar refractivity (Wildman–Crippen MR) is 161 cm³/mol. The van der Waals surface area contributed by atoms with Crippen LogP contribution in [0.5, 0.6) is 0 Å². The van der Waals surface area contributed by atoms with E-state index in [1.54, 1.807) is 7.11 Å². The van der Waals surface area contributed by atoms with E-state index in [4.69, 9.17) is 9.47 Å². The Hall–Kier alpha value is -0.0200. The molecule has 12 heteroatoms. The summed E-state index contributed by atoms with van der Waals surface area (Å²) < 4.78 is 38.2. The fraction of sp³-hybridized carbons (Fsp3) is 1.00. The summed E-state index contributed by atoms with van der Waals surface area (Å²) in [6, 6.07) is 0.426. The number of nitrogens with zero attached hydrogens (tertiary/aromatic N) is 1. The summed E-state index contributed by atoms with van der Waals surface area (Å²) in [5, 5.41) is 11.8. The first-order valence-electron chi connectivity index (χ1n) is 15.8. The molecule has 0 aromatic rings. The maximum absolute atomic E-state index is 13.3. The van der Waals surface area contributed by atoms with Gasteiger partial charge in [-0.25, -0.2) is 13.8 Å². The molecule has 5 fully saturated rings. The van der Waals surface area contributed by atoms with Crippen molar-refractivity contribution in [2.75, 3.05) is 33.1 Å². The van der Waals surface area contributed by atoms with E-state index in [0.717, 1.165) is 70.9 Å². The Balaban J connectivity index is 1.16. The van der Waals surface area contributed by atoms with Crippen LogP contribution in [0.4, 0.5) is 0 Å². The number of sulfone groups is 1. The smallest absolute Gasteiger partial charge is 0.153 e. The van der Waals surface area contributed by atoms with E-state index in [1.165, 1.54) is 19.3 Å². The Morgan fingerprint density at radius 3 is 2.25 bits per heavy atom. The van der Waals surface area contributed by atoms with Crippen molar-refractivity contribution in [3.05, 3.63) is 0 Å². The van der Waals surface area contributed by atoms with Crippen molar-refractivity contribution >= 4 is 21.6 Å². The standard InChI is InChI=1S/C28H54N6O4S2/c1-19-17-24(33-32-19)29-26-25(38-3)27(34-15-5-4-6-16-34)31-28(30-26)39-22-11-13-23(14-12-22)40(35,36)18-20-7-9-21(37-2)10-8-20/h19-33H,4-18H2,1-3H3. The zero-order chi connectivity index (χ0) is 28.1. The van der Waals surface area contributed by atoms with E-state index in [2.05, 4.69) is 38.6 Å². The van der Waals surface area contributed by atoms with E-state index in [-0.39, 0.29) is 35.3 Å². The molecule has 6 atom stereocenters. The Kier molecular flexibility index (Phi) is 11.5. The number of hydrazine groups is 1. The molecule has 10 nitrogen and oxygen atoms in total. The fourth-order valence-corrected chi connectivity index (χ4v) is 11.1. The minimum absolute atomic E-state index is 0.00481. The second-order valence-electron chi connectivity index (χ2n) is 12.8. The first-order chi connectivity index (χ1) is 19.3. The van der Waals surface area contributed by atoms with Gasteiger partial charge < -0.3 is 9.47 Å². The van der Waals surface area contributed by atoms with E-state index >= 15 is 0 Å². The number of rotatable bonds is 10. The Morgan fingerprint density at radius 2 is 1.62 bits per heavy atom. The van der Waals surface area contributed by atoms with Crippen molar-refractivity contribution < 1.29 is 17.9 Å². The molecule has 3 saturated heterocycles. The number of thioether (sulfide) groups is 1. The molecule has 0 aromatic carbocycles. The molecule has 6 unspecified atom stereocenters. The summed E-state index contributed by atoms with van der Waals surface area (Å²) >= 11 is 1.95. The molecule has 3 heterocycles. The molecule has 232 valence electrons. The van der Waals surface area contributed by atoms with Crippen LogP contribution < -0.4 is 26.8 Å². The quantitative estimate of drug-likeness (QED) is 0.253. The van der Waals surface area contributed by atoms with Crippen molar-refractivity contribution in [1.82, 2.24) is 31.7 Å². The highest BCUT2D eigenvalue weighted by atomic mass is 32.2. The molecule has 0 bridgehead atoms. The van der Waals surface area contributed by atoms with Gasteiger partial charge in [0, 0.05) is 25.5 Å². The molecule has 0 amide bonds. The van der Waals surface area contributed by atoms with Gasteiger partial charge in [0.25, 0.3) is 0 Å². The average Bonchev–Trinajstić information content (AvgIpc) is 3.38. The molecule has 3 aliphatic heterocycles. The molecule has 5 rings (SSSR count). The van der Waals surface area contributed by atoms with Gasteiger partial charge in [-0.1, -0.05) is 6.42 Å². The van der Waals surface area contributed by atoms with Gasteiger partial charge in [0.05, 0.1) is 35.6 Å². The molecule has 0 radical (unpaired) electrons. The minimum Gasteiger partial charge on any atom is -0.381 e. The van der Waals surface area contributed by atoms with Crippen molar-refractivity contribution in [3.63, 3.8) is 0 Å². The van der Waals surface area contributed by atoms with Crippen LogP contribution in [0, 0.1) is 5.92 Å². The number of piperidine rings is 1. The number of hydrogen-bond donors (Lipinski definition) is 5. The third-order valence-electron chi connectivity index (χ3n) is 9.88. The lowest BCUT2D eigenvalue weighted by Gasteiger charge is -2.49. The summed E-state index contributed by atoms with van der Waals surface area (Å²) in [5.41, 5.74) is 6.78. The fourth-order valence-electron chi connectivity index (χ4n) is 7.49. The molecule has 5 aliphatic rings. The van der Waals surface area contributed by atoms with Crippen molar-refractivity contribution in [3.8, 4) is 0 Å². The third-order valence-corrected chi connectivity index (χ3v) is 13.7. The largest absolute Gasteiger partial charge is 0.381 e. The van der Waals surface area contributed by atoms with Crippen LogP contribution >= 0.6 is 11.8 Å². The minimum atomic E-state index is -3.05. The highest BCUT2D eigenvalue weighted by Crippen LogP contribution is 2.36. The number of methoxy groups -OCH3 is 2. The highest BCUT2D eigenvalue weighted by Gasteiger charge is 2.43. The molecular weight excluding hydrogens is 548 g/mol. The van der Waals surface area contributed by atoms with Gasteiger partial charge in [-0.2, -0.15) is 0 Å². The summed E-state index contributed by atoms with van der Waals surface area (Å²) in [6.45, 7) is 4.38. The maximum Gasteiger partial charge on any atom is 0.153 e. The number of likely N-dealkylation sites (tertiary alicyclic amines) is 1. The first kappa shape index (κ1) is 31.4. The number of ether oxygens (including phenoxy) is 2. The Bertz CT molecular complexity index is 878. The normalized spacial score (nSPS) is 42.2. The van der Waals surface area contributed by atoms with Gasteiger partial charge in [0.2, 0.25) is 0 Å². The van der Waals surface area contributed by atoms with E-state index in [1.807, 2.05) is 18.9 Å². The van der Waals surface area contributed by atoms with Crippen LogP contribution in [0.15, 0.2) is 0 Å². The topological polar surface area (TPSA) is 116 Å². The van der Waals surface area contributed by atoms with Crippen LogP contribution in [-0.4, -0.2) is 99.1 Å². The molecule has 5 N–H and O–H groups in total. The van der Waals surface area contributed by atoms with Gasteiger partial charge in [-0.15, -0.1) is 11.8 Å². The Labute approximate surface area is 246 Å². The first-order valence-corrected chi connectivity index (χ1v) is 18.5. The molecule has 2 saturated carbocycles. The lowest BCUT2D eigenvalue weighted by Crippen LogP contribution is -2.75. The van der Waals surface area contributed by atoms with Crippen LogP contribution in [-0.2, 0) is 19.3 Å². The summed E-state index contributed by atoms with van der Waals surface area (Å²) in [5.74, 6) is 0.667. The van der Waals surface area contributed by atoms with E-state index in [9.17, 15) is 8.42 Å². The molecule has 0 aromatic heterocycles. The lowest BCUT2D eigenvalue weighted by molar-refractivity contribution is -0.0615. The lowest BCUT2D eigenvalue weighted by atomic mass is 9.89. The van der Waals surface area contributed by atoms with Gasteiger partial charge in [0.15, 0.2) is 9.84 Å². The average molecular weight is 603 g/mol. The third kappa shape index (κ3) is 8.12. The van der Waals surface area contributed by atoms with Gasteiger partial charge >= 0.3 is 0 Å². The second kappa shape index (κ2) is 14.6. The van der Waals surface area contributed by atoms with Crippen LogP contribution in [0.3, 0.4) is 0 Å². The van der Waals surface area contributed by atoms with Crippen molar-refractivity contribution in [2.45, 2.75) is 137 Å². The zero-order valence-electron chi connectivity index (χ0n) is 24.8. The number of hydrogen-bond acceptors (Lipinski definition) is 11. The molecule has 2 aliphatic carbocycles. The highest BCUT2D eigenvalue weighted by molar-refractivity contribution is 8.00. The van der Waals surface area contributed by atoms with E-state index in [0.29, 0.717) is 29.1 Å². The second-order valence-corrected chi connectivity index (χ2v) is 16.6. The summed E-state index contributed by atoms with van der Waals surface area (Å²) in [6.07, 6.45) is 12.8. The molecule has 0 spiro atoms. The SMILES string of the molecule is COC1CCC(CS(=O)(=O)C2CCC(SC3NC(NC4CC(C)NN4)C(OC)C(N4CCCCC4)N3)CC2)CC1. The van der Waals surface area contributed by atoms with Crippen molar-refractivity contribution in [2.24, 2.45) is 5.92 Å². The summed E-state index contributed by atoms with van der Waals surface area (Å²) in [4.78, 5) is 2.56. The predicted octanol–water partition coefficient (Wildman–Crippen LogP) is 2.08. The Morgan fingerprint density at radius 1 is 0.900 bits per heavy atom. The molecule has 40 heavy (non-hydrogen) atoms. The van der Waals surface area contributed by atoms with Gasteiger partial charge in [-0.3, -0.25) is 26.3 Å². The summed E-state index contributed by atoms with van der Waals surface area (Å²) in [7, 11) is 0.534. The maximum atomic E-state index is 13.3. The van der Waals surface area contributed by atoms with Crippen molar-refractivity contribution in [1.29, 1.82) is 0 Å².